The van der Waals surface area contributed by atoms with Crippen LogP contribution in [0.3, 0.4) is 0 Å². The van der Waals surface area contributed by atoms with Crippen LogP contribution in [0.5, 0.6) is 5.75 Å². The fraction of sp³-hybridized carbons (Fsp3) is 0.382. The van der Waals surface area contributed by atoms with Crippen LogP contribution < -0.4 is 10.6 Å². The zero-order valence-electron chi connectivity index (χ0n) is 25.4. The summed E-state index contributed by atoms with van der Waals surface area (Å²) in [5.41, 5.74) is 4.99. The number of ketones is 2. The minimum atomic E-state index is -2.66. The number of anilines is 1. The molecule has 0 unspecified atom stereocenters. The third-order valence-corrected chi connectivity index (χ3v) is 9.18. The van der Waals surface area contributed by atoms with Crippen LogP contribution in [0.2, 0.25) is 0 Å². The third-order valence-electron chi connectivity index (χ3n) is 9.18. The number of hydrogen-bond donors (Lipinski definition) is 5. The van der Waals surface area contributed by atoms with E-state index < -0.39 is 58.0 Å². The second-order valence-electron chi connectivity index (χ2n) is 12.3. The largest absolute Gasteiger partial charge is 0.508 e. The molecule has 0 aliphatic heterocycles. The summed E-state index contributed by atoms with van der Waals surface area (Å²) in [5.74, 6) is -6.50. The maximum atomic E-state index is 14.1. The molecule has 2 aromatic rings. The maximum Gasteiger partial charge on any atom is 0.255 e. The number of rotatable bonds is 8. The van der Waals surface area contributed by atoms with Crippen LogP contribution in [0, 0.1) is 11.8 Å². The summed E-state index contributed by atoms with van der Waals surface area (Å²) in [6, 6.07) is 10.7. The number of nitrogens with zero attached hydrogens (tertiary/aromatic N) is 2. The van der Waals surface area contributed by atoms with Crippen LogP contribution in [0.4, 0.5) is 5.69 Å². The molecule has 10 nitrogen and oxygen atoms in total. The SMILES string of the molecule is CN(C)c1cc(CCC/C=C/c2ccccc2)c(O)c2c1C[C@H]1C[C@H]3[C@H](N(C)C)C(=O)C(C(N)=O)=C(O)[C@@]3(O)C(=O)C1=C2O. The Morgan fingerprint density at radius 3 is 2.39 bits per heavy atom. The van der Waals surface area contributed by atoms with Crippen LogP contribution in [-0.2, 0) is 27.2 Å². The van der Waals surface area contributed by atoms with E-state index >= 15 is 0 Å². The third kappa shape index (κ3) is 4.88. The number of aliphatic hydroxyl groups is 3. The van der Waals surface area contributed by atoms with E-state index in [2.05, 4.69) is 6.08 Å². The molecule has 232 valence electrons. The van der Waals surface area contributed by atoms with Gasteiger partial charge >= 0.3 is 0 Å². The van der Waals surface area contributed by atoms with E-state index in [0.29, 0.717) is 17.5 Å². The van der Waals surface area contributed by atoms with Gasteiger partial charge in [0.1, 0.15) is 22.8 Å². The number of hydrogen-bond acceptors (Lipinski definition) is 9. The van der Waals surface area contributed by atoms with Crippen LogP contribution >= 0.6 is 0 Å². The molecule has 4 atom stereocenters. The van der Waals surface area contributed by atoms with Gasteiger partial charge in [0, 0.05) is 31.3 Å². The molecular weight excluding hydrogens is 562 g/mol. The monoisotopic (exact) mass is 601 g/mol. The van der Waals surface area contributed by atoms with Crippen LogP contribution in [0.15, 0.2) is 59.4 Å². The molecule has 0 spiro atoms. The number of primary amides is 1. The molecule has 10 heteroatoms. The Morgan fingerprint density at radius 1 is 1.09 bits per heavy atom. The van der Waals surface area contributed by atoms with Gasteiger partial charge < -0.3 is 31.1 Å². The molecule has 3 aliphatic carbocycles. The topological polar surface area (TPSA) is 165 Å². The highest BCUT2D eigenvalue weighted by atomic mass is 16.3. The van der Waals surface area contributed by atoms with Crippen molar-refractivity contribution < 1.29 is 34.8 Å². The summed E-state index contributed by atoms with van der Waals surface area (Å²) >= 11 is 0. The molecule has 5 rings (SSSR count). The molecule has 1 fully saturated rings. The fourth-order valence-corrected chi connectivity index (χ4v) is 7.13. The normalized spacial score (nSPS) is 24.9. The number of carbonyl (C=O) groups is 3. The lowest BCUT2D eigenvalue weighted by molar-refractivity contribution is -0.153. The van der Waals surface area contributed by atoms with Gasteiger partial charge in [0.05, 0.1) is 11.6 Å². The summed E-state index contributed by atoms with van der Waals surface area (Å²) in [5, 5.41) is 46.0. The van der Waals surface area contributed by atoms with Gasteiger partial charge in [-0.05, 0) is 74.9 Å². The smallest absolute Gasteiger partial charge is 0.255 e. The van der Waals surface area contributed by atoms with Gasteiger partial charge in [0.2, 0.25) is 5.78 Å². The van der Waals surface area contributed by atoms with E-state index in [0.717, 1.165) is 24.1 Å². The second kappa shape index (κ2) is 11.6. The van der Waals surface area contributed by atoms with Crippen LogP contribution in [0.1, 0.15) is 41.5 Å². The van der Waals surface area contributed by atoms with Gasteiger partial charge in [0.15, 0.2) is 11.4 Å². The molecule has 0 aromatic heterocycles. The highest BCUT2D eigenvalue weighted by molar-refractivity contribution is 6.24. The molecule has 0 bridgehead atoms. The number of nitrogens with two attached hydrogens (primary N) is 1. The number of aryl methyl sites for hydroxylation is 1. The van der Waals surface area contributed by atoms with Gasteiger partial charge in [-0.15, -0.1) is 0 Å². The Kier molecular flexibility index (Phi) is 8.17. The number of aromatic hydroxyl groups is 1. The molecule has 6 N–H and O–H groups in total. The van der Waals surface area contributed by atoms with E-state index in [1.54, 1.807) is 14.1 Å². The minimum absolute atomic E-state index is 0.0505. The molecular formula is C34H39N3O7. The Hall–Kier alpha value is -4.41. The summed E-state index contributed by atoms with van der Waals surface area (Å²) in [6.07, 6.45) is 6.37. The first kappa shape index (κ1) is 31.0. The number of allylic oxidation sites excluding steroid dienone is 1. The lowest BCUT2D eigenvalue weighted by Crippen LogP contribution is -2.65. The van der Waals surface area contributed by atoms with Crippen molar-refractivity contribution in [2.45, 2.75) is 43.7 Å². The molecule has 0 radical (unpaired) electrons. The van der Waals surface area contributed by atoms with E-state index in [1.165, 1.54) is 4.90 Å². The average Bonchev–Trinajstić information content (AvgIpc) is 2.95. The van der Waals surface area contributed by atoms with E-state index in [4.69, 9.17) is 5.73 Å². The highest BCUT2D eigenvalue weighted by Gasteiger charge is 2.64. The Bertz CT molecular complexity index is 1620. The van der Waals surface area contributed by atoms with E-state index in [9.17, 15) is 34.8 Å². The van der Waals surface area contributed by atoms with Crippen LogP contribution in [0.25, 0.3) is 11.8 Å². The number of carbonyl (C=O) groups excluding carboxylic acids is 3. The van der Waals surface area contributed by atoms with Crippen molar-refractivity contribution in [2.24, 2.45) is 17.6 Å². The van der Waals surface area contributed by atoms with Gasteiger partial charge in [0.25, 0.3) is 5.91 Å². The van der Waals surface area contributed by atoms with Gasteiger partial charge in [-0.2, -0.15) is 0 Å². The Morgan fingerprint density at radius 2 is 1.77 bits per heavy atom. The van der Waals surface area contributed by atoms with Crippen molar-refractivity contribution in [3.05, 3.63) is 81.6 Å². The maximum absolute atomic E-state index is 14.1. The quantitative estimate of drug-likeness (QED) is 0.226. The highest BCUT2D eigenvalue weighted by Crippen LogP contribution is 2.54. The van der Waals surface area contributed by atoms with Gasteiger partial charge in [-0.1, -0.05) is 42.5 Å². The first-order chi connectivity index (χ1) is 20.8. The molecule has 0 heterocycles. The van der Waals surface area contributed by atoms with Gasteiger partial charge in [-0.25, -0.2) is 0 Å². The summed E-state index contributed by atoms with van der Waals surface area (Å²) in [7, 11) is 6.87. The summed E-state index contributed by atoms with van der Waals surface area (Å²) in [4.78, 5) is 43.0. The number of amides is 1. The number of benzene rings is 2. The number of fused-ring (bicyclic) bond motifs is 3. The number of aliphatic hydroxyl groups excluding tert-OH is 2. The number of unbranched alkanes of at least 4 members (excludes halogenated alkanes) is 1. The Balaban J connectivity index is 1.56. The standard InChI is InChI=1S/C34H39N3O7/c1-36(2)23-17-19(14-10-6-9-13-18-11-7-5-8-12-18)28(38)25-21(23)15-20-16-22-27(37(3)4)30(40)26(33(35)43)32(42)34(22,44)31(41)24(20)29(25)39/h5,7-9,11-13,17,20,22,27,38-39,42,44H,6,10,14-16H2,1-4H3,(H2,35,43)/b13-9+/t20-,22-,27-,34-/m0/s1. The fourth-order valence-electron chi connectivity index (χ4n) is 7.13. The lowest BCUT2D eigenvalue weighted by atomic mass is 9.57. The number of Topliss-reactive ketones (excluding diaryl/α,β-unsaturated/α-hetero) is 2. The molecule has 1 saturated carbocycles. The van der Waals surface area contributed by atoms with Crippen molar-refractivity contribution in [3.8, 4) is 5.75 Å². The first-order valence-corrected chi connectivity index (χ1v) is 14.7. The van der Waals surface area contributed by atoms with Crippen LogP contribution in [-0.4, -0.2) is 82.6 Å². The zero-order valence-corrected chi connectivity index (χ0v) is 25.4. The average molecular weight is 602 g/mol. The number of phenolic OH excluding ortho intramolecular Hbond substituents is 1. The zero-order chi connectivity index (χ0) is 32.1. The molecule has 44 heavy (non-hydrogen) atoms. The molecule has 1 amide bonds. The van der Waals surface area contributed by atoms with Crippen molar-refractivity contribution in [2.75, 3.05) is 33.1 Å². The number of likely N-dealkylation sites (N-methyl/N-ethyl adjacent to an activating group) is 1. The Labute approximate surface area is 256 Å². The summed E-state index contributed by atoms with van der Waals surface area (Å²) in [6.45, 7) is 0. The van der Waals surface area contributed by atoms with Crippen molar-refractivity contribution in [1.82, 2.24) is 4.90 Å². The van der Waals surface area contributed by atoms with E-state index in [1.807, 2.05) is 61.5 Å². The lowest BCUT2D eigenvalue weighted by Gasteiger charge is -2.50. The van der Waals surface area contributed by atoms with Crippen molar-refractivity contribution >= 4 is 35.0 Å². The molecule has 0 saturated heterocycles. The number of phenols is 1. The minimum Gasteiger partial charge on any atom is -0.508 e. The first-order valence-electron chi connectivity index (χ1n) is 14.7. The summed E-state index contributed by atoms with van der Waals surface area (Å²) < 4.78 is 0. The van der Waals surface area contributed by atoms with Crippen molar-refractivity contribution in [1.29, 1.82) is 0 Å². The van der Waals surface area contributed by atoms with E-state index in [-0.39, 0.29) is 29.7 Å². The predicted octanol–water partition coefficient (Wildman–Crippen LogP) is 3.07. The molecule has 3 aliphatic rings. The molecule has 2 aromatic carbocycles. The predicted molar refractivity (Wildman–Crippen MR) is 167 cm³/mol. The second-order valence-corrected chi connectivity index (χ2v) is 12.3. The van der Waals surface area contributed by atoms with Crippen molar-refractivity contribution in [3.63, 3.8) is 0 Å². The van der Waals surface area contributed by atoms with Gasteiger partial charge in [-0.3, -0.25) is 19.3 Å².